The summed E-state index contributed by atoms with van der Waals surface area (Å²) in [6.07, 6.45) is 4.75. The van der Waals surface area contributed by atoms with Crippen LogP contribution in [0, 0.1) is 0 Å². The average molecular weight is 310 g/mol. The molecule has 19 heavy (non-hydrogen) atoms. The summed E-state index contributed by atoms with van der Waals surface area (Å²) < 4.78 is 0. The highest BCUT2D eigenvalue weighted by atomic mass is 35.5. The molecule has 6 heteroatoms. The topological polar surface area (TPSA) is 35.6 Å². The fourth-order valence-corrected chi connectivity index (χ4v) is 3.59. The predicted molar refractivity (Wildman–Crippen MR) is 81.3 cm³/mol. The van der Waals surface area contributed by atoms with E-state index in [9.17, 15) is 4.79 Å². The molecule has 0 radical (unpaired) electrons. The highest BCUT2D eigenvalue weighted by molar-refractivity contribution is 5.85. The van der Waals surface area contributed by atoms with E-state index in [1.165, 1.54) is 19.4 Å². The average Bonchev–Trinajstić information content (AvgIpc) is 2.97. The van der Waals surface area contributed by atoms with E-state index in [-0.39, 0.29) is 30.9 Å². The van der Waals surface area contributed by atoms with Gasteiger partial charge in [-0.15, -0.1) is 24.8 Å². The molecule has 0 saturated carbocycles. The molecule has 3 aliphatic rings. The van der Waals surface area contributed by atoms with Crippen LogP contribution in [0.3, 0.4) is 0 Å². The Morgan fingerprint density at radius 1 is 1.16 bits per heavy atom. The highest BCUT2D eigenvalue weighted by Gasteiger charge is 2.38. The number of hydrogen-bond acceptors (Lipinski definition) is 3. The Kier molecular flexibility index (Phi) is 6.37. The van der Waals surface area contributed by atoms with Crippen molar-refractivity contribution in [2.75, 3.05) is 26.2 Å². The second-order valence-electron chi connectivity index (χ2n) is 5.78. The number of carbonyl (C=O) groups is 1. The molecule has 4 nitrogen and oxygen atoms in total. The SMILES string of the molecule is CC1CN2CCCC2CN1C(=O)[C@@H]1CCCN1.Cl.Cl. The largest absolute Gasteiger partial charge is 0.336 e. The van der Waals surface area contributed by atoms with Gasteiger partial charge < -0.3 is 10.2 Å². The van der Waals surface area contributed by atoms with Crippen LogP contribution in [0.4, 0.5) is 0 Å². The molecule has 0 aromatic rings. The van der Waals surface area contributed by atoms with Crippen LogP contribution in [0.25, 0.3) is 0 Å². The summed E-state index contributed by atoms with van der Waals surface area (Å²) in [6.45, 7) is 6.47. The van der Waals surface area contributed by atoms with Crippen LogP contribution in [0.1, 0.15) is 32.6 Å². The van der Waals surface area contributed by atoms with Gasteiger partial charge >= 0.3 is 0 Å². The van der Waals surface area contributed by atoms with Crippen LogP contribution in [0.15, 0.2) is 0 Å². The lowest BCUT2D eigenvalue weighted by molar-refractivity contribution is -0.138. The summed E-state index contributed by atoms with van der Waals surface area (Å²) >= 11 is 0. The normalized spacial score (nSPS) is 34.4. The Bertz CT molecular complexity index is 310. The molecule has 0 aromatic carbocycles. The summed E-state index contributed by atoms with van der Waals surface area (Å²) in [5, 5.41) is 3.33. The smallest absolute Gasteiger partial charge is 0.240 e. The summed E-state index contributed by atoms with van der Waals surface area (Å²) in [6, 6.07) is 1.13. The number of halogens is 2. The molecule has 1 N–H and O–H groups in total. The van der Waals surface area contributed by atoms with Crippen LogP contribution < -0.4 is 5.32 Å². The fraction of sp³-hybridized carbons (Fsp3) is 0.923. The molecule has 0 aliphatic carbocycles. The number of nitrogens with one attached hydrogen (secondary N) is 1. The summed E-state index contributed by atoms with van der Waals surface area (Å²) in [5.74, 6) is 0.349. The molecule has 3 atom stereocenters. The van der Waals surface area contributed by atoms with Crippen molar-refractivity contribution >= 4 is 30.7 Å². The van der Waals surface area contributed by atoms with Crippen LogP contribution in [0.2, 0.25) is 0 Å². The van der Waals surface area contributed by atoms with Gasteiger partial charge in [0.05, 0.1) is 6.04 Å². The fourth-order valence-electron chi connectivity index (χ4n) is 3.59. The monoisotopic (exact) mass is 309 g/mol. The molecular weight excluding hydrogens is 285 g/mol. The highest BCUT2D eigenvalue weighted by Crippen LogP contribution is 2.25. The van der Waals surface area contributed by atoms with Gasteiger partial charge in [-0.05, 0) is 45.7 Å². The first-order valence-electron chi connectivity index (χ1n) is 7.03. The van der Waals surface area contributed by atoms with E-state index < -0.39 is 0 Å². The molecule has 3 heterocycles. The van der Waals surface area contributed by atoms with Crippen LogP contribution in [0.5, 0.6) is 0 Å². The number of hydrogen-bond donors (Lipinski definition) is 1. The first-order valence-corrected chi connectivity index (χ1v) is 7.03. The van der Waals surface area contributed by atoms with Crippen molar-refractivity contribution in [2.45, 2.75) is 50.7 Å². The molecule has 0 aromatic heterocycles. The number of carbonyl (C=O) groups excluding carboxylic acids is 1. The lowest BCUT2D eigenvalue weighted by Gasteiger charge is -2.43. The Balaban J connectivity index is 0.000000902. The zero-order chi connectivity index (χ0) is 11.8. The predicted octanol–water partition coefficient (Wildman–Crippen LogP) is 1.28. The van der Waals surface area contributed by atoms with E-state index in [1.54, 1.807) is 0 Å². The molecule has 0 bridgehead atoms. The number of piperazine rings is 1. The zero-order valence-electron chi connectivity index (χ0n) is 11.5. The van der Waals surface area contributed by atoms with Crippen LogP contribution >= 0.6 is 24.8 Å². The Labute approximate surface area is 128 Å². The van der Waals surface area contributed by atoms with Crippen LogP contribution in [-0.4, -0.2) is 60.0 Å². The van der Waals surface area contributed by atoms with Gasteiger partial charge in [0.25, 0.3) is 0 Å². The number of rotatable bonds is 1. The second kappa shape index (κ2) is 7.11. The lowest BCUT2D eigenvalue weighted by Crippen LogP contribution is -2.59. The number of fused-ring (bicyclic) bond motifs is 1. The standard InChI is InChI=1S/C13H23N3O.2ClH/c1-10-8-15-7-3-4-11(15)9-16(10)13(17)12-5-2-6-14-12;;/h10-12,14H,2-9H2,1H3;2*1H/t10?,11?,12-;;/m0../s1. The van der Waals surface area contributed by atoms with Gasteiger partial charge in [-0.3, -0.25) is 9.69 Å². The molecule has 2 unspecified atom stereocenters. The summed E-state index contributed by atoms with van der Waals surface area (Å²) in [7, 11) is 0. The third-order valence-corrected chi connectivity index (χ3v) is 4.58. The molecule has 3 saturated heterocycles. The maximum Gasteiger partial charge on any atom is 0.240 e. The van der Waals surface area contributed by atoms with E-state index in [0.717, 1.165) is 32.5 Å². The molecule has 3 rings (SSSR count). The van der Waals surface area contributed by atoms with Crippen molar-refractivity contribution in [3.8, 4) is 0 Å². The summed E-state index contributed by atoms with van der Waals surface area (Å²) in [4.78, 5) is 17.1. The quantitative estimate of drug-likeness (QED) is 0.792. The molecule has 3 fully saturated rings. The van der Waals surface area contributed by atoms with Crippen molar-refractivity contribution < 1.29 is 4.79 Å². The van der Waals surface area contributed by atoms with Gasteiger partial charge in [-0.1, -0.05) is 0 Å². The molecule has 3 aliphatic heterocycles. The lowest BCUT2D eigenvalue weighted by atomic mass is 10.1. The minimum absolute atomic E-state index is 0. The van der Waals surface area contributed by atoms with Crippen LogP contribution in [-0.2, 0) is 4.79 Å². The number of nitrogens with zero attached hydrogens (tertiary/aromatic N) is 2. The van der Waals surface area contributed by atoms with E-state index in [2.05, 4.69) is 22.0 Å². The van der Waals surface area contributed by atoms with Crippen molar-refractivity contribution in [1.82, 2.24) is 15.1 Å². The minimum Gasteiger partial charge on any atom is -0.336 e. The van der Waals surface area contributed by atoms with E-state index in [1.807, 2.05) is 0 Å². The Hall–Kier alpha value is -0.0300. The minimum atomic E-state index is 0. The third-order valence-electron chi connectivity index (χ3n) is 4.58. The van der Waals surface area contributed by atoms with Crippen molar-refractivity contribution in [1.29, 1.82) is 0 Å². The maximum absolute atomic E-state index is 12.4. The Morgan fingerprint density at radius 3 is 2.63 bits per heavy atom. The molecular formula is C13H25Cl2N3O. The van der Waals surface area contributed by atoms with Crippen molar-refractivity contribution in [3.05, 3.63) is 0 Å². The first kappa shape index (κ1) is 17.0. The third kappa shape index (κ3) is 3.35. The van der Waals surface area contributed by atoms with Gasteiger partial charge in [-0.2, -0.15) is 0 Å². The van der Waals surface area contributed by atoms with Gasteiger partial charge in [0.15, 0.2) is 0 Å². The van der Waals surface area contributed by atoms with E-state index >= 15 is 0 Å². The van der Waals surface area contributed by atoms with Gasteiger partial charge in [0, 0.05) is 25.2 Å². The second-order valence-corrected chi connectivity index (χ2v) is 5.78. The van der Waals surface area contributed by atoms with Gasteiger partial charge in [0.1, 0.15) is 0 Å². The van der Waals surface area contributed by atoms with E-state index in [4.69, 9.17) is 0 Å². The maximum atomic E-state index is 12.4. The number of amides is 1. The molecule has 112 valence electrons. The van der Waals surface area contributed by atoms with Crippen molar-refractivity contribution in [2.24, 2.45) is 0 Å². The van der Waals surface area contributed by atoms with Gasteiger partial charge in [0.2, 0.25) is 5.91 Å². The zero-order valence-corrected chi connectivity index (χ0v) is 13.1. The van der Waals surface area contributed by atoms with Crippen molar-refractivity contribution in [3.63, 3.8) is 0 Å². The van der Waals surface area contributed by atoms with Gasteiger partial charge in [-0.25, -0.2) is 0 Å². The molecule has 1 amide bonds. The van der Waals surface area contributed by atoms with E-state index in [0.29, 0.717) is 18.0 Å². The Morgan fingerprint density at radius 2 is 1.95 bits per heavy atom. The first-order chi connectivity index (χ1) is 8.25. The summed E-state index contributed by atoms with van der Waals surface area (Å²) in [5.41, 5.74) is 0. The molecule has 0 spiro atoms.